The van der Waals surface area contributed by atoms with E-state index in [-0.39, 0.29) is 0 Å². The lowest BCUT2D eigenvalue weighted by molar-refractivity contribution is 1.39. The van der Waals surface area contributed by atoms with Crippen LogP contribution in [0.3, 0.4) is 0 Å². The van der Waals surface area contributed by atoms with E-state index in [9.17, 15) is 0 Å². The van der Waals surface area contributed by atoms with Crippen molar-refractivity contribution in [3.63, 3.8) is 0 Å². The van der Waals surface area contributed by atoms with Crippen molar-refractivity contribution in [2.24, 2.45) is 0 Å². The highest BCUT2D eigenvalue weighted by atomic mass is 35.5. The minimum atomic E-state index is 0.741. The number of benzene rings is 1. The molecule has 0 fully saturated rings. The molecule has 0 aliphatic heterocycles. The predicted molar refractivity (Wildman–Crippen MR) is 45.6 cm³/mol. The highest BCUT2D eigenvalue weighted by Gasteiger charge is 1.92. The fourth-order valence-electron chi connectivity index (χ4n) is 0.995. The SMILES string of the molecule is Clc1ccc2n[c]ccc2c1. The van der Waals surface area contributed by atoms with Crippen molar-refractivity contribution in [2.75, 3.05) is 0 Å². The maximum absolute atomic E-state index is 5.78. The van der Waals surface area contributed by atoms with Gasteiger partial charge in [0, 0.05) is 10.4 Å². The van der Waals surface area contributed by atoms with Crippen LogP contribution in [-0.2, 0) is 0 Å². The van der Waals surface area contributed by atoms with Gasteiger partial charge < -0.3 is 0 Å². The Labute approximate surface area is 69.6 Å². The second-order valence-electron chi connectivity index (χ2n) is 2.28. The summed E-state index contributed by atoms with van der Waals surface area (Å²) >= 11 is 5.78. The van der Waals surface area contributed by atoms with Crippen LogP contribution in [0.2, 0.25) is 5.02 Å². The Morgan fingerprint density at radius 3 is 3.09 bits per heavy atom. The van der Waals surface area contributed by atoms with Gasteiger partial charge in [0.25, 0.3) is 0 Å². The molecule has 1 radical (unpaired) electrons. The highest BCUT2D eigenvalue weighted by Crippen LogP contribution is 2.16. The summed E-state index contributed by atoms with van der Waals surface area (Å²) in [4.78, 5) is 4.04. The number of nitrogens with zero attached hydrogens (tertiary/aromatic N) is 1. The number of halogens is 1. The molecule has 0 bridgehead atoms. The van der Waals surface area contributed by atoms with Crippen molar-refractivity contribution in [3.8, 4) is 0 Å². The van der Waals surface area contributed by atoms with E-state index in [0.29, 0.717) is 0 Å². The van der Waals surface area contributed by atoms with Crippen LogP contribution in [0.15, 0.2) is 30.3 Å². The Balaban J connectivity index is 2.83. The van der Waals surface area contributed by atoms with E-state index in [4.69, 9.17) is 11.6 Å². The second-order valence-corrected chi connectivity index (χ2v) is 2.71. The van der Waals surface area contributed by atoms with Gasteiger partial charge in [0.05, 0.1) is 11.7 Å². The van der Waals surface area contributed by atoms with Gasteiger partial charge in [-0.25, -0.2) is 4.98 Å². The zero-order chi connectivity index (χ0) is 7.68. The maximum atomic E-state index is 5.78. The zero-order valence-electron chi connectivity index (χ0n) is 5.71. The van der Waals surface area contributed by atoms with Crippen molar-refractivity contribution < 1.29 is 0 Å². The Bertz CT molecular complexity index is 384. The van der Waals surface area contributed by atoms with E-state index in [1.54, 1.807) is 6.07 Å². The van der Waals surface area contributed by atoms with Crippen molar-refractivity contribution in [3.05, 3.63) is 41.6 Å². The summed E-state index contributed by atoms with van der Waals surface area (Å²) in [5.41, 5.74) is 0.928. The smallest absolute Gasteiger partial charge is 0.0894 e. The molecule has 0 aliphatic rings. The molecular weight excluding hydrogens is 158 g/mol. The van der Waals surface area contributed by atoms with Crippen molar-refractivity contribution in [2.45, 2.75) is 0 Å². The molecule has 0 spiro atoms. The topological polar surface area (TPSA) is 12.9 Å². The number of rotatable bonds is 0. The molecule has 11 heavy (non-hydrogen) atoms. The van der Waals surface area contributed by atoms with Crippen molar-refractivity contribution in [1.29, 1.82) is 0 Å². The molecule has 0 saturated carbocycles. The van der Waals surface area contributed by atoms with E-state index in [0.717, 1.165) is 15.9 Å². The number of pyridine rings is 1. The summed E-state index contributed by atoms with van der Waals surface area (Å²) in [5.74, 6) is 0. The lowest BCUT2D eigenvalue weighted by Crippen LogP contribution is -1.75. The molecule has 2 rings (SSSR count). The van der Waals surface area contributed by atoms with Crippen molar-refractivity contribution in [1.82, 2.24) is 4.98 Å². The first kappa shape index (κ1) is 6.62. The molecule has 0 unspecified atom stereocenters. The van der Waals surface area contributed by atoms with Gasteiger partial charge >= 0.3 is 0 Å². The van der Waals surface area contributed by atoms with Crippen LogP contribution in [0.5, 0.6) is 0 Å². The molecule has 1 heterocycles. The molecule has 1 aromatic heterocycles. The predicted octanol–water partition coefficient (Wildman–Crippen LogP) is 2.69. The van der Waals surface area contributed by atoms with E-state index < -0.39 is 0 Å². The maximum Gasteiger partial charge on any atom is 0.0894 e. The molecule has 0 aliphatic carbocycles. The van der Waals surface area contributed by atoms with Crippen LogP contribution < -0.4 is 0 Å². The molecule has 0 atom stereocenters. The minimum absolute atomic E-state index is 0.741. The summed E-state index contributed by atoms with van der Waals surface area (Å²) in [6.07, 6.45) is 2.76. The van der Waals surface area contributed by atoms with Crippen LogP contribution in [0.1, 0.15) is 0 Å². The monoisotopic (exact) mass is 162 g/mol. The van der Waals surface area contributed by atoms with Crippen LogP contribution in [0.4, 0.5) is 0 Å². The summed E-state index contributed by atoms with van der Waals surface area (Å²) < 4.78 is 0. The van der Waals surface area contributed by atoms with Crippen LogP contribution in [0, 0.1) is 6.20 Å². The van der Waals surface area contributed by atoms with Crippen LogP contribution in [0.25, 0.3) is 10.9 Å². The summed E-state index contributed by atoms with van der Waals surface area (Å²) in [5, 5.41) is 1.79. The molecule has 53 valence electrons. The fraction of sp³-hybridized carbons (Fsp3) is 0. The Morgan fingerprint density at radius 1 is 1.27 bits per heavy atom. The van der Waals surface area contributed by atoms with Gasteiger partial charge in [-0.2, -0.15) is 0 Å². The third-order valence-electron chi connectivity index (χ3n) is 1.51. The Morgan fingerprint density at radius 2 is 2.18 bits per heavy atom. The standard InChI is InChI=1S/C9H5ClN/c10-8-3-4-9-7(6-8)2-1-5-11-9/h1-4,6H. The van der Waals surface area contributed by atoms with Crippen LogP contribution >= 0.6 is 11.6 Å². The van der Waals surface area contributed by atoms with Gasteiger partial charge in [0.15, 0.2) is 0 Å². The molecular formula is C9H5ClN. The number of fused-ring (bicyclic) bond motifs is 1. The molecule has 2 aromatic rings. The quantitative estimate of drug-likeness (QED) is 0.581. The van der Waals surface area contributed by atoms with Crippen molar-refractivity contribution >= 4 is 22.5 Å². The zero-order valence-corrected chi connectivity index (χ0v) is 6.47. The average molecular weight is 163 g/mol. The van der Waals surface area contributed by atoms with Gasteiger partial charge in [-0.3, -0.25) is 0 Å². The molecule has 0 amide bonds. The molecule has 2 heteroatoms. The third kappa shape index (κ3) is 1.19. The normalized spacial score (nSPS) is 10.3. The second kappa shape index (κ2) is 2.51. The van der Waals surface area contributed by atoms with Gasteiger partial charge in [0.2, 0.25) is 0 Å². The number of aromatic nitrogens is 1. The largest absolute Gasteiger partial charge is 0.246 e. The minimum Gasteiger partial charge on any atom is -0.246 e. The third-order valence-corrected chi connectivity index (χ3v) is 1.75. The summed E-state index contributed by atoms with van der Waals surface area (Å²) in [6, 6.07) is 9.31. The van der Waals surface area contributed by atoms with E-state index >= 15 is 0 Å². The summed E-state index contributed by atoms with van der Waals surface area (Å²) in [6.45, 7) is 0. The molecule has 1 aromatic carbocycles. The molecule has 0 N–H and O–H groups in total. The first-order valence-corrected chi connectivity index (χ1v) is 3.66. The first-order valence-electron chi connectivity index (χ1n) is 3.28. The number of hydrogen-bond donors (Lipinski definition) is 0. The van der Waals surface area contributed by atoms with E-state index in [1.165, 1.54) is 0 Å². The Kier molecular flexibility index (Phi) is 1.51. The molecule has 1 nitrogen and oxygen atoms in total. The lowest BCUT2D eigenvalue weighted by Gasteiger charge is -1.94. The van der Waals surface area contributed by atoms with Gasteiger partial charge in [0.1, 0.15) is 0 Å². The average Bonchev–Trinajstić information content (AvgIpc) is 2.04. The van der Waals surface area contributed by atoms with Gasteiger partial charge in [-0.15, -0.1) is 0 Å². The Hall–Kier alpha value is -1.08. The van der Waals surface area contributed by atoms with Gasteiger partial charge in [-0.05, 0) is 24.3 Å². The highest BCUT2D eigenvalue weighted by molar-refractivity contribution is 6.31. The lowest BCUT2D eigenvalue weighted by atomic mass is 10.2. The fourth-order valence-corrected chi connectivity index (χ4v) is 1.18. The van der Waals surface area contributed by atoms with Gasteiger partial charge in [-0.1, -0.05) is 17.7 Å². The summed E-state index contributed by atoms with van der Waals surface area (Å²) in [7, 11) is 0. The van der Waals surface area contributed by atoms with Crippen LogP contribution in [-0.4, -0.2) is 4.98 Å². The van der Waals surface area contributed by atoms with E-state index in [2.05, 4.69) is 11.2 Å². The molecule has 0 saturated heterocycles. The van der Waals surface area contributed by atoms with E-state index in [1.807, 2.05) is 24.3 Å². The number of hydrogen-bond acceptors (Lipinski definition) is 1. The first-order chi connectivity index (χ1) is 5.36.